The number of aromatic hydroxyl groups is 1. The van der Waals surface area contributed by atoms with Crippen LogP contribution in [0, 0.1) is 0 Å². The predicted octanol–water partition coefficient (Wildman–Crippen LogP) is 3.84. The molecule has 2 aromatic rings. The molecule has 0 aliphatic rings. The van der Waals surface area contributed by atoms with Crippen molar-refractivity contribution in [2.75, 3.05) is 0 Å². The minimum atomic E-state index is -0.434. The third-order valence-corrected chi connectivity index (χ3v) is 3.31. The van der Waals surface area contributed by atoms with E-state index in [0.717, 1.165) is 31.2 Å². The van der Waals surface area contributed by atoms with Gasteiger partial charge in [-0.2, -0.15) is 0 Å². The molecule has 0 saturated carbocycles. The highest BCUT2D eigenvalue weighted by atomic mass is 16.3. The molecule has 0 heterocycles. The summed E-state index contributed by atoms with van der Waals surface area (Å²) in [6.45, 7) is 0. The number of hydrogen-bond acceptors (Lipinski definition) is 2. The molecule has 0 fully saturated rings. The van der Waals surface area contributed by atoms with Crippen LogP contribution in [0.4, 0.5) is 0 Å². The first-order valence-corrected chi connectivity index (χ1v) is 6.76. The van der Waals surface area contributed by atoms with Crippen molar-refractivity contribution in [2.45, 2.75) is 31.8 Å². The Kier molecular flexibility index (Phi) is 4.99. The molecule has 0 bridgehead atoms. The van der Waals surface area contributed by atoms with Crippen LogP contribution < -0.4 is 0 Å². The van der Waals surface area contributed by atoms with Crippen molar-refractivity contribution < 1.29 is 10.2 Å². The van der Waals surface area contributed by atoms with E-state index in [1.54, 1.807) is 24.3 Å². The highest BCUT2D eigenvalue weighted by Crippen LogP contribution is 2.21. The van der Waals surface area contributed by atoms with E-state index in [-0.39, 0.29) is 5.75 Å². The molecule has 2 nitrogen and oxygen atoms in total. The zero-order valence-electron chi connectivity index (χ0n) is 11.0. The molecule has 2 rings (SSSR count). The van der Waals surface area contributed by atoms with E-state index < -0.39 is 6.10 Å². The van der Waals surface area contributed by atoms with Gasteiger partial charge in [-0.15, -0.1) is 0 Å². The Hall–Kier alpha value is -1.80. The van der Waals surface area contributed by atoms with E-state index in [0.29, 0.717) is 0 Å². The van der Waals surface area contributed by atoms with Crippen molar-refractivity contribution in [3.63, 3.8) is 0 Å². The van der Waals surface area contributed by atoms with Crippen molar-refractivity contribution in [3.05, 3.63) is 65.7 Å². The summed E-state index contributed by atoms with van der Waals surface area (Å²) in [7, 11) is 0. The van der Waals surface area contributed by atoms with Gasteiger partial charge in [-0.1, -0.05) is 48.9 Å². The normalized spacial score (nSPS) is 12.3. The van der Waals surface area contributed by atoms with E-state index in [1.807, 2.05) is 6.07 Å². The van der Waals surface area contributed by atoms with E-state index in [1.165, 1.54) is 5.56 Å². The fraction of sp³-hybridized carbons (Fsp3) is 0.294. The fourth-order valence-electron chi connectivity index (χ4n) is 2.17. The summed E-state index contributed by atoms with van der Waals surface area (Å²) < 4.78 is 0. The fourth-order valence-corrected chi connectivity index (χ4v) is 2.17. The van der Waals surface area contributed by atoms with Crippen molar-refractivity contribution in [1.82, 2.24) is 0 Å². The lowest BCUT2D eigenvalue weighted by molar-refractivity contribution is 0.163. The summed E-state index contributed by atoms with van der Waals surface area (Å²) >= 11 is 0. The Morgan fingerprint density at radius 1 is 0.842 bits per heavy atom. The van der Waals surface area contributed by atoms with Crippen LogP contribution in [0.1, 0.15) is 36.5 Å². The summed E-state index contributed by atoms with van der Waals surface area (Å²) in [5, 5.41) is 19.2. The molecule has 0 radical (unpaired) electrons. The molecule has 0 aromatic heterocycles. The number of phenols is 1. The largest absolute Gasteiger partial charge is 0.508 e. The van der Waals surface area contributed by atoms with Crippen molar-refractivity contribution in [1.29, 1.82) is 0 Å². The summed E-state index contributed by atoms with van der Waals surface area (Å²) in [4.78, 5) is 0. The van der Waals surface area contributed by atoms with E-state index in [9.17, 15) is 10.2 Å². The third kappa shape index (κ3) is 4.42. The van der Waals surface area contributed by atoms with Gasteiger partial charge in [-0.3, -0.25) is 0 Å². The van der Waals surface area contributed by atoms with Crippen LogP contribution in [-0.2, 0) is 6.42 Å². The topological polar surface area (TPSA) is 40.5 Å². The predicted molar refractivity (Wildman–Crippen MR) is 77.1 cm³/mol. The van der Waals surface area contributed by atoms with Gasteiger partial charge in [0.05, 0.1) is 6.10 Å². The lowest BCUT2D eigenvalue weighted by Gasteiger charge is -2.10. The van der Waals surface area contributed by atoms with Gasteiger partial charge in [-0.25, -0.2) is 0 Å². The molecular formula is C17H20O2. The number of unbranched alkanes of at least 4 members (excludes halogenated alkanes) is 1. The maximum absolute atomic E-state index is 10.0. The second-order valence-corrected chi connectivity index (χ2v) is 4.84. The molecule has 2 aromatic carbocycles. The second-order valence-electron chi connectivity index (χ2n) is 4.84. The summed E-state index contributed by atoms with van der Waals surface area (Å²) in [6.07, 6.45) is 3.47. The van der Waals surface area contributed by atoms with Gasteiger partial charge >= 0.3 is 0 Å². The molecule has 1 unspecified atom stereocenters. The Labute approximate surface area is 114 Å². The van der Waals surface area contributed by atoms with Crippen LogP contribution >= 0.6 is 0 Å². The number of hydrogen-bond donors (Lipinski definition) is 2. The molecule has 100 valence electrons. The second kappa shape index (κ2) is 6.95. The van der Waals surface area contributed by atoms with Gasteiger partial charge < -0.3 is 10.2 Å². The molecule has 19 heavy (non-hydrogen) atoms. The van der Waals surface area contributed by atoms with Gasteiger partial charge in [0.25, 0.3) is 0 Å². The first-order chi connectivity index (χ1) is 9.25. The summed E-state index contributed by atoms with van der Waals surface area (Å²) in [5.41, 5.74) is 2.22. The van der Waals surface area contributed by atoms with E-state index in [4.69, 9.17) is 0 Å². The number of aliphatic hydroxyl groups is 1. The number of rotatable bonds is 6. The Morgan fingerprint density at radius 2 is 1.53 bits per heavy atom. The number of aryl methyl sites for hydroxylation is 1. The highest BCUT2D eigenvalue weighted by molar-refractivity contribution is 5.27. The van der Waals surface area contributed by atoms with Crippen molar-refractivity contribution >= 4 is 0 Å². The van der Waals surface area contributed by atoms with Crippen molar-refractivity contribution in [3.8, 4) is 5.75 Å². The molecular weight excluding hydrogens is 236 g/mol. The number of benzene rings is 2. The Balaban J connectivity index is 1.72. The minimum absolute atomic E-state index is 0.236. The van der Waals surface area contributed by atoms with Gasteiger partial charge in [0.2, 0.25) is 0 Å². The lowest BCUT2D eigenvalue weighted by Crippen LogP contribution is -1.97. The van der Waals surface area contributed by atoms with Crippen molar-refractivity contribution in [2.24, 2.45) is 0 Å². The number of phenolic OH excluding ortho intramolecular Hbond substituents is 1. The molecule has 2 heteroatoms. The van der Waals surface area contributed by atoms with Crippen LogP contribution in [-0.4, -0.2) is 10.2 Å². The summed E-state index contributed by atoms with van der Waals surface area (Å²) in [5.74, 6) is 0.236. The smallest absolute Gasteiger partial charge is 0.115 e. The summed E-state index contributed by atoms with van der Waals surface area (Å²) in [6, 6.07) is 17.2. The van der Waals surface area contributed by atoms with Crippen LogP contribution in [0.15, 0.2) is 54.6 Å². The van der Waals surface area contributed by atoms with Gasteiger partial charge in [0, 0.05) is 0 Å². The van der Waals surface area contributed by atoms with Gasteiger partial charge in [-0.05, 0) is 42.5 Å². The maximum Gasteiger partial charge on any atom is 0.115 e. The zero-order valence-corrected chi connectivity index (χ0v) is 11.0. The van der Waals surface area contributed by atoms with Crippen LogP contribution in [0.3, 0.4) is 0 Å². The first kappa shape index (κ1) is 13.6. The molecule has 2 N–H and O–H groups in total. The quantitative estimate of drug-likeness (QED) is 0.771. The lowest BCUT2D eigenvalue weighted by atomic mass is 10.0. The van der Waals surface area contributed by atoms with Crippen LogP contribution in [0.5, 0.6) is 5.75 Å². The van der Waals surface area contributed by atoms with E-state index >= 15 is 0 Å². The molecule has 0 saturated heterocycles. The maximum atomic E-state index is 10.0. The molecule has 0 aliphatic carbocycles. The first-order valence-electron chi connectivity index (χ1n) is 6.76. The Morgan fingerprint density at radius 3 is 2.21 bits per heavy atom. The van der Waals surface area contributed by atoms with E-state index in [2.05, 4.69) is 24.3 Å². The minimum Gasteiger partial charge on any atom is -0.508 e. The average molecular weight is 256 g/mol. The average Bonchev–Trinajstić information content (AvgIpc) is 2.45. The SMILES string of the molecule is Oc1ccc(C(O)CCCCc2ccccc2)cc1. The van der Waals surface area contributed by atoms with Crippen LogP contribution in [0.2, 0.25) is 0 Å². The third-order valence-electron chi connectivity index (χ3n) is 3.31. The van der Waals surface area contributed by atoms with Crippen LogP contribution in [0.25, 0.3) is 0 Å². The zero-order chi connectivity index (χ0) is 13.5. The molecule has 0 aliphatic heterocycles. The highest BCUT2D eigenvalue weighted by Gasteiger charge is 2.06. The molecule has 1 atom stereocenters. The Bertz CT molecular complexity index is 476. The van der Waals surface area contributed by atoms with Gasteiger partial charge in [0.1, 0.15) is 5.75 Å². The molecule has 0 amide bonds. The number of aliphatic hydroxyl groups excluding tert-OH is 1. The molecule has 0 spiro atoms. The monoisotopic (exact) mass is 256 g/mol. The standard InChI is InChI=1S/C17H20O2/c18-16-12-10-15(11-13-16)17(19)9-5-4-8-14-6-2-1-3-7-14/h1-3,6-7,10-13,17-19H,4-5,8-9H2. The van der Waals surface area contributed by atoms with Gasteiger partial charge in [0.15, 0.2) is 0 Å².